The fourth-order valence-corrected chi connectivity index (χ4v) is 1.34. The molecule has 12 heavy (non-hydrogen) atoms. The third kappa shape index (κ3) is 2.67. The number of nitrogens with zero attached hydrogens (tertiary/aromatic N) is 2. The maximum absolute atomic E-state index is 8.76. The fraction of sp³-hybridized carbons (Fsp3) is 0.429. The number of hydrogen-bond donors (Lipinski definition) is 2. The first kappa shape index (κ1) is 9.28. The zero-order valence-corrected chi connectivity index (χ0v) is 7.58. The zero-order chi connectivity index (χ0) is 8.97. The number of hydrogen-bond acceptors (Lipinski definition) is 5. The van der Waals surface area contributed by atoms with Crippen molar-refractivity contribution >= 4 is 17.6 Å². The van der Waals surface area contributed by atoms with Crippen LogP contribution in [0, 0.1) is 0 Å². The van der Waals surface area contributed by atoms with E-state index in [0.29, 0.717) is 5.82 Å². The van der Waals surface area contributed by atoms with Gasteiger partial charge in [0.15, 0.2) is 0 Å². The lowest BCUT2D eigenvalue weighted by molar-refractivity contribution is 0.300. The van der Waals surface area contributed by atoms with E-state index >= 15 is 0 Å². The Labute approximate surface area is 75.2 Å². The van der Waals surface area contributed by atoms with Gasteiger partial charge >= 0.3 is 0 Å². The van der Waals surface area contributed by atoms with Gasteiger partial charge in [-0.05, 0) is 0 Å². The third-order valence-electron chi connectivity index (χ3n) is 1.23. The molecule has 3 N–H and O–H groups in total. The molecule has 0 bridgehead atoms. The van der Waals surface area contributed by atoms with Gasteiger partial charge in [0, 0.05) is 5.25 Å². The maximum atomic E-state index is 8.76. The first-order valence-corrected chi connectivity index (χ1v) is 4.45. The van der Waals surface area contributed by atoms with E-state index in [9.17, 15) is 0 Å². The van der Waals surface area contributed by atoms with Crippen LogP contribution >= 0.6 is 11.8 Å². The normalized spacial score (nSPS) is 12.8. The molecule has 0 aliphatic rings. The number of aliphatic hydroxyl groups is 1. The molecule has 0 amide bonds. The molecule has 0 aliphatic carbocycles. The number of aromatic nitrogens is 2. The van der Waals surface area contributed by atoms with Gasteiger partial charge in [-0.1, -0.05) is 18.7 Å². The van der Waals surface area contributed by atoms with Gasteiger partial charge in [0.25, 0.3) is 0 Å². The first-order valence-electron chi connectivity index (χ1n) is 3.57. The van der Waals surface area contributed by atoms with E-state index in [1.165, 1.54) is 18.0 Å². The third-order valence-corrected chi connectivity index (χ3v) is 2.23. The summed E-state index contributed by atoms with van der Waals surface area (Å²) in [6.45, 7) is 2.05. The molecule has 1 atom stereocenters. The predicted molar refractivity (Wildman–Crippen MR) is 48.8 cm³/mol. The summed E-state index contributed by atoms with van der Waals surface area (Å²) in [5.41, 5.74) is 5.36. The van der Waals surface area contributed by atoms with Crippen LogP contribution in [-0.4, -0.2) is 26.9 Å². The summed E-state index contributed by atoms with van der Waals surface area (Å²) in [6, 6.07) is 0. The molecule has 66 valence electrons. The second kappa shape index (κ2) is 4.27. The molecule has 0 aliphatic heterocycles. The molecule has 1 rings (SSSR count). The van der Waals surface area contributed by atoms with Crippen LogP contribution in [0.1, 0.15) is 6.92 Å². The van der Waals surface area contributed by atoms with Crippen molar-refractivity contribution < 1.29 is 5.11 Å². The van der Waals surface area contributed by atoms with E-state index < -0.39 is 0 Å². The van der Waals surface area contributed by atoms with Crippen molar-refractivity contribution in [2.24, 2.45) is 0 Å². The van der Waals surface area contributed by atoms with Gasteiger partial charge in [-0.3, -0.25) is 0 Å². The molecule has 1 unspecified atom stereocenters. The van der Waals surface area contributed by atoms with Crippen molar-refractivity contribution in [2.45, 2.75) is 17.2 Å². The number of rotatable bonds is 3. The van der Waals surface area contributed by atoms with Crippen LogP contribution in [0.2, 0.25) is 0 Å². The summed E-state index contributed by atoms with van der Waals surface area (Å²) in [6.07, 6.45) is 3.11. The topological polar surface area (TPSA) is 72.0 Å². The summed E-state index contributed by atoms with van der Waals surface area (Å²) >= 11 is 1.47. The Morgan fingerprint density at radius 1 is 1.58 bits per heavy atom. The molecule has 5 heteroatoms. The van der Waals surface area contributed by atoms with Crippen molar-refractivity contribution in [3.8, 4) is 0 Å². The standard InChI is InChI=1S/C7H11N3OS/c1-5(4-11)12-7-3-9-6(8)2-10-7/h2-3,5,11H,4H2,1H3,(H2,8,9). The lowest BCUT2D eigenvalue weighted by Crippen LogP contribution is -2.02. The summed E-state index contributed by atoms with van der Waals surface area (Å²) < 4.78 is 0. The second-order valence-electron chi connectivity index (χ2n) is 2.39. The highest BCUT2D eigenvalue weighted by Crippen LogP contribution is 2.19. The van der Waals surface area contributed by atoms with Gasteiger partial charge in [-0.2, -0.15) is 0 Å². The van der Waals surface area contributed by atoms with Crippen molar-refractivity contribution in [2.75, 3.05) is 12.3 Å². The second-order valence-corrected chi connectivity index (χ2v) is 3.85. The minimum Gasteiger partial charge on any atom is -0.395 e. The van der Waals surface area contributed by atoms with E-state index in [1.807, 2.05) is 6.92 Å². The van der Waals surface area contributed by atoms with Gasteiger partial charge in [-0.15, -0.1) is 0 Å². The summed E-state index contributed by atoms with van der Waals surface area (Å²) in [5.74, 6) is 0.413. The largest absolute Gasteiger partial charge is 0.395 e. The predicted octanol–water partition coefficient (Wildman–Crippen LogP) is 0.532. The maximum Gasteiger partial charge on any atom is 0.141 e. The van der Waals surface area contributed by atoms with E-state index in [-0.39, 0.29) is 11.9 Å². The number of nitrogen functional groups attached to an aromatic ring is 1. The molecule has 0 saturated heterocycles. The average Bonchev–Trinajstić information content (AvgIpc) is 2.09. The first-order chi connectivity index (χ1) is 5.72. The van der Waals surface area contributed by atoms with Crippen molar-refractivity contribution in [3.05, 3.63) is 12.4 Å². The van der Waals surface area contributed by atoms with E-state index in [2.05, 4.69) is 9.97 Å². The quantitative estimate of drug-likeness (QED) is 0.672. The Kier molecular flexibility index (Phi) is 3.31. The Hall–Kier alpha value is -0.810. The molecule has 0 radical (unpaired) electrons. The van der Waals surface area contributed by atoms with Crippen LogP contribution in [0.5, 0.6) is 0 Å². The van der Waals surface area contributed by atoms with E-state index in [0.717, 1.165) is 5.03 Å². The minimum atomic E-state index is 0.136. The monoisotopic (exact) mass is 185 g/mol. The molecule has 0 aromatic carbocycles. The lowest BCUT2D eigenvalue weighted by atomic mass is 10.5. The molecular weight excluding hydrogens is 174 g/mol. The van der Waals surface area contributed by atoms with E-state index in [1.54, 1.807) is 6.20 Å². The molecule has 4 nitrogen and oxygen atoms in total. The summed E-state index contributed by atoms with van der Waals surface area (Å²) in [7, 11) is 0. The fourth-order valence-electron chi connectivity index (χ4n) is 0.630. The Morgan fingerprint density at radius 2 is 2.33 bits per heavy atom. The van der Waals surface area contributed by atoms with Crippen molar-refractivity contribution in [3.63, 3.8) is 0 Å². The van der Waals surface area contributed by atoms with Crippen LogP contribution in [0.15, 0.2) is 17.4 Å². The van der Waals surface area contributed by atoms with Crippen LogP contribution in [-0.2, 0) is 0 Å². The highest BCUT2D eigenvalue weighted by Gasteiger charge is 2.03. The van der Waals surface area contributed by atoms with Gasteiger partial charge < -0.3 is 10.8 Å². The summed E-state index contributed by atoms with van der Waals surface area (Å²) in [5, 5.41) is 9.68. The average molecular weight is 185 g/mol. The van der Waals surface area contributed by atoms with Crippen LogP contribution in [0.3, 0.4) is 0 Å². The highest BCUT2D eigenvalue weighted by molar-refractivity contribution is 7.99. The molecule has 1 aromatic rings. The number of aliphatic hydroxyl groups excluding tert-OH is 1. The molecule has 0 spiro atoms. The molecule has 0 fully saturated rings. The number of nitrogens with two attached hydrogens (primary N) is 1. The Balaban J connectivity index is 2.58. The molecular formula is C7H11N3OS. The zero-order valence-electron chi connectivity index (χ0n) is 6.77. The van der Waals surface area contributed by atoms with E-state index in [4.69, 9.17) is 10.8 Å². The minimum absolute atomic E-state index is 0.136. The van der Waals surface area contributed by atoms with Crippen LogP contribution < -0.4 is 5.73 Å². The lowest BCUT2D eigenvalue weighted by Gasteiger charge is -2.05. The molecule has 0 saturated carbocycles. The Morgan fingerprint density at radius 3 is 2.83 bits per heavy atom. The SMILES string of the molecule is CC(CO)Sc1cnc(N)cn1. The summed E-state index contributed by atoms with van der Waals surface area (Å²) in [4.78, 5) is 7.91. The van der Waals surface area contributed by atoms with Crippen LogP contribution in [0.4, 0.5) is 5.82 Å². The highest BCUT2D eigenvalue weighted by atomic mass is 32.2. The van der Waals surface area contributed by atoms with Crippen molar-refractivity contribution in [1.29, 1.82) is 0 Å². The van der Waals surface area contributed by atoms with Crippen LogP contribution in [0.25, 0.3) is 0 Å². The van der Waals surface area contributed by atoms with Gasteiger partial charge in [-0.25, -0.2) is 9.97 Å². The smallest absolute Gasteiger partial charge is 0.141 e. The number of thioether (sulfide) groups is 1. The van der Waals surface area contributed by atoms with Gasteiger partial charge in [0.2, 0.25) is 0 Å². The van der Waals surface area contributed by atoms with Gasteiger partial charge in [0.1, 0.15) is 10.8 Å². The number of anilines is 1. The van der Waals surface area contributed by atoms with Crippen molar-refractivity contribution in [1.82, 2.24) is 9.97 Å². The molecule has 1 aromatic heterocycles. The molecule has 1 heterocycles. The van der Waals surface area contributed by atoms with Gasteiger partial charge in [0.05, 0.1) is 19.0 Å². The Bertz CT molecular complexity index is 239.